The Labute approximate surface area is 154 Å². The molecule has 0 aromatic heterocycles. The molecule has 0 aliphatic carbocycles. The van der Waals surface area contributed by atoms with Gasteiger partial charge in [-0.3, -0.25) is 9.69 Å². The second-order valence-electron chi connectivity index (χ2n) is 6.39. The summed E-state index contributed by atoms with van der Waals surface area (Å²) >= 11 is 0. The van der Waals surface area contributed by atoms with E-state index in [2.05, 4.69) is 16.3 Å². The molecule has 138 valence electrons. The molecule has 1 aliphatic rings. The molecule has 1 fully saturated rings. The van der Waals surface area contributed by atoms with Gasteiger partial charge in [0.05, 0.1) is 13.7 Å². The highest BCUT2D eigenvalue weighted by molar-refractivity contribution is 6.05. The zero-order valence-electron chi connectivity index (χ0n) is 15.5. The van der Waals surface area contributed by atoms with Gasteiger partial charge in [0, 0.05) is 17.8 Å². The van der Waals surface area contributed by atoms with Gasteiger partial charge in [0.25, 0.3) is 5.91 Å². The third kappa shape index (κ3) is 4.35. The molecular formula is C21H26N2O3. The van der Waals surface area contributed by atoms with E-state index in [-0.39, 0.29) is 5.91 Å². The molecule has 26 heavy (non-hydrogen) atoms. The lowest BCUT2D eigenvalue weighted by molar-refractivity contribution is 0.102. The van der Waals surface area contributed by atoms with E-state index >= 15 is 0 Å². The lowest BCUT2D eigenvalue weighted by Crippen LogP contribution is -2.20. The first-order chi connectivity index (χ1) is 12.7. The molecule has 1 N–H and O–H groups in total. The SMILES string of the molecule is CCOc1cc(C(=O)Nc2ccccc2CN2CCCC2)ccc1OC. The average Bonchev–Trinajstić information content (AvgIpc) is 3.16. The number of hydrogen-bond donors (Lipinski definition) is 1. The molecule has 1 heterocycles. The summed E-state index contributed by atoms with van der Waals surface area (Å²) in [5, 5.41) is 3.05. The van der Waals surface area contributed by atoms with Crippen LogP contribution < -0.4 is 14.8 Å². The smallest absolute Gasteiger partial charge is 0.255 e. The number of hydrogen-bond acceptors (Lipinski definition) is 4. The zero-order valence-corrected chi connectivity index (χ0v) is 15.5. The van der Waals surface area contributed by atoms with Crippen LogP contribution in [0.15, 0.2) is 42.5 Å². The first-order valence-corrected chi connectivity index (χ1v) is 9.13. The van der Waals surface area contributed by atoms with Crippen molar-refractivity contribution in [2.24, 2.45) is 0 Å². The summed E-state index contributed by atoms with van der Waals surface area (Å²) in [5.41, 5.74) is 2.55. The quantitative estimate of drug-likeness (QED) is 0.818. The number of amides is 1. The molecule has 1 saturated heterocycles. The van der Waals surface area contributed by atoms with Gasteiger partial charge in [-0.15, -0.1) is 0 Å². The number of anilines is 1. The highest BCUT2D eigenvalue weighted by atomic mass is 16.5. The minimum absolute atomic E-state index is 0.150. The average molecular weight is 354 g/mol. The van der Waals surface area contributed by atoms with Gasteiger partial charge in [0.1, 0.15) is 0 Å². The fourth-order valence-corrected chi connectivity index (χ4v) is 3.24. The molecule has 0 bridgehead atoms. The van der Waals surface area contributed by atoms with Gasteiger partial charge in [0.2, 0.25) is 0 Å². The zero-order chi connectivity index (χ0) is 18.4. The maximum absolute atomic E-state index is 12.7. The molecule has 3 rings (SSSR count). The van der Waals surface area contributed by atoms with Crippen molar-refractivity contribution in [1.82, 2.24) is 4.90 Å². The van der Waals surface area contributed by atoms with E-state index in [1.807, 2.05) is 25.1 Å². The van der Waals surface area contributed by atoms with Crippen LogP contribution in [-0.4, -0.2) is 37.6 Å². The van der Waals surface area contributed by atoms with Gasteiger partial charge < -0.3 is 14.8 Å². The van der Waals surface area contributed by atoms with Crippen LogP contribution in [0.1, 0.15) is 35.7 Å². The number of nitrogens with zero attached hydrogens (tertiary/aromatic N) is 1. The van der Waals surface area contributed by atoms with E-state index in [1.165, 1.54) is 12.8 Å². The van der Waals surface area contributed by atoms with E-state index in [4.69, 9.17) is 9.47 Å². The van der Waals surface area contributed by atoms with Gasteiger partial charge in [-0.1, -0.05) is 18.2 Å². The van der Waals surface area contributed by atoms with Crippen molar-refractivity contribution in [2.45, 2.75) is 26.3 Å². The maximum Gasteiger partial charge on any atom is 0.255 e. The second kappa shape index (κ2) is 8.72. The second-order valence-corrected chi connectivity index (χ2v) is 6.39. The summed E-state index contributed by atoms with van der Waals surface area (Å²) in [6.07, 6.45) is 2.50. The number of carbonyl (C=O) groups is 1. The summed E-state index contributed by atoms with van der Waals surface area (Å²) in [6, 6.07) is 13.2. The molecule has 5 heteroatoms. The van der Waals surface area contributed by atoms with Crippen molar-refractivity contribution >= 4 is 11.6 Å². The van der Waals surface area contributed by atoms with Crippen LogP contribution in [0.2, 0.25) is 0 Å². The number of para-hydroxylation sites is 1. The summed E-state index contributed by atoms with van der Waals surface area (Å²) in [6.45, 7) is 5.53. The van der Waals surface area contributed by atoms with E-state index in [0.29, 0.717) is 23.7 Å². The number of ether oxygens (including phenoxy) is 2. The molecule has 0 atom stereocenters. The fourth-order valence-electron chi connectivity index (χ4n) is 3.24. The van der Waals surface area contributed by atoms with Crippen LogP contribution in [0.5, 0.6) is 11.5 Å². The molecule has 2 aromatic rings. The largest absolute Gasteiger partial charge is 0.493 e. The molecular weight excluding hydrogens is 328 g/mol. The van der Waals surface area contributed by atoms with E-state index < -0.39 is 0 Å². The molecule has 0 radical (unpaired) electrons. The summed E-state index contributed by atoms with van der Waals surface area (Å²) in [4.78, 5) is 15.2. The van der Waals surface area contributed by atoms with Gasteiger partial charge in [-0.25, -0.2) is 0 Å². The fraction of sp³-hybridized carbons (Fsp3) is 0.381. The van der Waals surface area contributed by atoms with Crippen molar-refractivity contribution < 1.29 is 14.3 Å². The predicted octanol–water partition coefficient (Wildman–Crippen LogP) is 3.94. The van der Waals surface area contributed by atoms with Crippen molar-refractivity contribution in [2.75, 3.05) is 32.1 Å². The Morgan fingerprint density at radius 2 is 1.88 bits per heavy atom. The maximum atomic E-state index is 12.7. The molecule has 0 unspecified atom stereocenters. The van der Waals surface area contributed by atoms with Crippen molar-refractivity contribution in [1.29, 1.82) is 0 Å². The molecule has 1 aliphatic heterocycles. The van der Waals surface area contributed by atoms with Gasteiger partial charge in [-0.05, 0) is 62.7 Å². The van der Waals surface area contributed by atoms with Crippen molar-refractivity contribution in [3.63, 3.8) is 0 Å². The van der Waals surface area contributed by atoms with Crippen LogP contribution in [0, 0.1) is 0 Å². The number of nitrogens with one attached hydrogen (secondary N) is 1. The minimum atomic E-state index is -0.150. The number of carbonyl (C=O) groups excluding carboxylic acids is 1. The Balaban J connectivity index is 1.76. The molecule has 5 nitrogen and oxygen atoms in total. The van der Waals surface area contributed by atoms with E-state index in [1.54, 1.807) is 25.3 Å². The Morgan fingerprint density at radius 3 is 2.62 bits per heavy atom. The van der Waals surface area contributed by atoms with Crippen LogP contribution in [0.4, 0.5) is 5.69 Å². The molecule has 0 saturated carbocycles. The first kappa shape index (κ1) is 18.3. The third-order valence-corrected chi connectivity index (χ3v) is 4.58. The lowest BCUT2D eigenvalue weighted by atomic mass is 10.1. The highest BCUT2D eigenvalue weighted by Gasteiger charge is 2.16. The van der Waals surface area contributed by atoms with Gasteiger partial charge >= 0.3 is 0 Å². The Morgan fingerprint density at radius 1 is 1.12 bits per heavy atom. The molecule has 0 spiro atoms. The number of rotatable bonds is 7. The van der Waals surface area contributed by atoms with E-state index in [0.717, 1.165) is 30.9 Å². The monoisotopic (exact) mass is 354 g/mol. The minimum Gasteiger partial charge on any atom is -0.493 e. The Bertz CT molecular complexity index is 755. The summed E-state index contributed by atoms with van der Waals surface area (Å²) < 4.78 is 10.9. The molecule has 1 amide bonds. The van der Waals surface area contributed by atoms with Crippen LogP contribution in [0.3, 0.4) is 0 Å². The normalized spacial score (nSPS) is 14.2. The van der Waals surface area contributed by atoms with Crippen LogP contribution >= 0.6 is 0 Å². The predicted molar refractivity (Wildman–Crippen MR) is 103 cm³/mol. The molecule has 2 aromatic carbocycles. The van der Waals surface area contributed by atoms with Crippen LogP contribution in [-0.2, 0) is 6.54 Å². The lowest BCUT2D eigenvalue weighted by Gasteiger charge is -2.18. The van der Waals surface area contributed by atoms with Gasteiger partial charge in [-0.2, -0.15) is 0 Å². The third-order valence-electron chi connectivity index (χ3n) is 4.58. The van der Waals surface area contributed by atoms with Crippen LogP contribution in [0.25, 0.3) is 0 Å². The Kier molecular flexibility index (Phi) is 6.12. The topological polar surface area (TPSA) is 50.8 Å². The standard InChI is InChI=1S/C21H26N2O3/c1-3-26-20-14-16(10-11-19(20)25-2)21(24)22-18-9-5-4-8-17(18)15-23-12-6-7-13-23/h4-5,8-11,14H,3,6-7,12-13,15H2,1-2H3,(H,22,24). The van der Waals surface area contributed by atoms with Gasteiger partial charge in [0.15, 0.2) is 11.5 Å². The summed E-state index contributed by atoms with van der Waals surface area (Å²) in [7, 11) is 1.59. The van der Waals surface area contributed by atoms with Crippen molar-refractivity contribution in [3.8, 4) is 11.5 Å². The Hall–Kier alpha value is -2.53. The van der Waals surface area contributed by atoms with Crippen molar-refractivity contribution in [3.05, 3.63) is 53.6 Å². The summed E-state index contributed by atoms with van der Waals surface area (Å²) in [5.74, 6) is 1.05. The van der Waals surface area contributed by atoms with E-state index in [9.17, 15) is 4.79 Å². The number of likely N-dealkylation sites (tertiary alicyclic amines) is 1. The highest BCUT2D eigenvalue weighted by Crippen LogP contribution is 2.29. The number of methoxy groups -OCH3 is 1. The first-order valence-electron chi connectivity index (χ1n) is 9.13. The number of benzene rings is 2.